The van der Waals surface area contributed by atoms with Crippen LogP contribution in [0.2, 0.25) is 0 Å². The minimum Gasteiger partial charge on any atom is -0.334 e. The van der Waals surface area contributed by atoms with Crippen LogP contribution in [0.4, 0.5) is 13.2 Å². The number of aromatic amines is 1. The second-order valence-electron chi connectivity index (χ2n) is 6.56. The molecule has 1 aliphatic rings. The molecule has 1 aromatic carbocycles. The minimum absolute atomic E-state index is 0.135. The molecule has 3 rings (SSSR count). The first-order valence-corrected chi connectivity index (χ1v) is 10.2. The molecular formula is C18H19F3N2O2S. The molecule has 1 aromatic heterocycles. The number of nitrogens with zero attached hydrogens (tertiary/aromatic N) is 1. The summed E-state index contributed by atoms with van der Waals surface area (Å²) >= 11 is 0. The zero-order valence-corrected chi connectivity index (χ0v) is 15.0. The Morgan fingerprint density at radius 2 is 1.81 bits per heavy atom. The molecule has 0 spiro atoms. The molecule has 0 amide bonds. The van der Waals surface area contributed by atoms with Crippen molar-refractivity contribution in [2.45, 2.75) is 36.8 Å². The third kappa shape index (κ3) is 4.17. The van der Waals surface area contributed by atoms with Gasteiger partial charge >= 0.3 is 6.18 Å². The van der Waals surface area contributed by atoms with Gasteiger partial charge in [-0.25, -0.2) is 13.4 Å². The number of hydrogen-bond acceptors (Lipinski definition) is 3. The second-order valence-corrected chi connectivity index (χ2v) is 8.58. The van der Waals surface area contributed by atoms with E-state index >= 15 is 0 Å². The van der Waals surface area contributed by atoms with Crippen molar-refractivity contribution < 1.29 is 21.6 Å². The van der Waals surface area contributed by atoms with Crippen LogP contribution in [0.3, 0.4) is 0 Å². The van der Waals surface area contributed by atoms with Crippen molar-refractivity contribution in [1.29, 1.82) is 0 Å². The van der Waals surface area contributed by atoms with Crippen LogP contribution in [0.25, 0.3) is 5.57 Å². The predicted molar refractivity (Wildman–Crippen MR) is 92.2 cm³/mol. The Bertz CT molecular complexity index is 907. The molecule has 8 heteroatoms. The number of hydrogen-bond donors (Lipinski definition) is 1. The van der Waals surface area contributed by atoms with Crippen molar-refractivity contribution in [3.8, 4) is 0 Å². The van der Waals surface area contributed by atoms with Gasteiger partial charge in [-0.1, -0.05) is 31.1 Å². The highest BCUT2D eigenvalue weighted by molar-refractivity contribution is 7.90. The van der Waals surface area contributed by atoms with E-state index < -0.39 is 21.7 Å². The quantitative estimate of drug-likeness (QED) is 0.847. The number of H-pyrrole nitrogens is 1. The molecule has 0 unspecified atom stereocenters. The van der Waals surface area contributed by atoms with Gasteiger partial charge in [0.2, 0.25) is 0 Å². The third-order valence-electron chi connectivity index (χ3n) is 4.53. The fraction of sp³-hybridized carbons (Fsp3) is 0.389. The van der Waals surface area contributed by atoms with Crippen molar-refractivity contribution in [3.05, 3.63) is 53.6 Å². The molecule has 0 aliphatic heterocycles. The Hall–Kier alpha value is -2.09. The molecule has 4 nitrogen and oxygen atoms in total. The van der Waals surface area contributed by atoms with Crippen LogP contribution in [-0.4, -0.2) is 24.6 Å². The second kappa shape index (κ2) is 6.90. The van der Waals surface area contributed by atoms with E-state index in [0.29, 0.717) is 11.1 Å². The summed E-state index contributed by atoms with van der Waals surface area (Å²) < 4.78 is 61.9. The van der Waals surface area contributed by atoms with Crippen LogP contribution in [0.1, 0.15) is 42.8 Å². The molecule has 140 valence electrons. The van der Waals surface area contributed by atoms with Crippen LogP contribution in [-0.2, 0) is 16.0 Å². The predicted octanol–water partition coefficient (Wildman–Crippen LogP) is 4.45. The maximum atomic E-state index is 12.9. The van der Waals surface area contributed by atoms with E-state index in [9.17, 15) is 21.6 Å². The topological polar surface area (TPSA) is 62.8 Å². The smallest absolute Gasteiger partial charge is 0.334 e. The van der Waals surface area contributed by atoms with E-state index in [1.54, 1.807) is 12.1 Å². The van der Waals surface area contributed by atoms with Gasteiger partial charge in [-0.05, 0) is 36.5 Å². The highest BCUT2D eigenvalue weighted by Crippen LogP contribution is 2.33. The van der Waals surface area contributed by atoms with Crippen LogP contribution in [0.5, 0.6) is 0 Å². The number of nitrogens with one attached hydrogen (secondary N) is 1. The lowest BCUT2D eigenvalue weighted by Crippen LogP contribution is -2.05. The average Bonchev–Trinajstić information content (AvgIpc) is 3.23. The first kappa shape index (κ1) is 18.7. The first-order valence-electron chi connectivity index (χ1n) is 8.29. The van der Waals surface area contributed by atoms with Gasteiger partial charge in [0, 0.05) is 11.8 Å². The molecule has 0 atom stereocenters. The van der Waals surface area contributed by atoms with Crippen LogP contribution in [0.15, 0.2) is 41.4 Å². The zero-order valence-electron chi connectivity index (χ0n) is 14.2. The standard InChI is InChI=1S/C18H19F3N2O2S/c1-26(24,25)14-8-6-13(7-9-14)15(10-12-4-2-3-5-12)17-22-11-16(23-17)18(19,20)21/h6-12H,2-5H2,1H3,(H,22,23). The summed E-state index contributed by atoms with van der Waals surface area (Å²) in [6, 6.07) is 6.13. The van der Waals surface area contributed by atoms with Crippen molar-refractivity contribution in [1.82, 2.24) is 9.97 Å². The Kier molecular flexibility index (Phi) is 4.96. The number of allylic oxidation sites excluding steroid dienone is 1. The minimum atomic E-state index is -4.50. The van der Waals surface area contributed by atoms with E-state index in [0.717, 1.165) is 38.1 Å². The lowest BCUT2D eigenvalue weighted by atomic mass is 9.98. The largest absolute Gasteiger partial charge is 0.432 e. The highest BCUT2D eigenvalue weighted by atomic mass is 32.2. The third-order valence-corrected chi connectivity index (χ3v) is 5.66. The fourth-order valence-corrected chi connectivity index (χ4v) is 3.79. The lowest BCUT2D eigenvalue weighted by Gasteiger charge is -2.10. The number of benzene rings is 1. The summed E-state index contributed by atoms with van der Waals surface area (Å²) in [7, 11) is -3.34. The van der Waals surface area contributed by atoms with Gasteiger partial charge in [0.1, 0.15) is 11.5 Å². The number of imidazole rings is 1. The van der Waals surface area contributed by atoms with Gasteiger partial charge < -0.3 is 4.98 Å². The monoisotopic (exact) mass is 384 g/mol. The van der Waals surface area contributed by atoms with Crippen molar-refractivity contribution in [2.24, 2.45) is 5.92 Å². The summed E-state index contributed by atoms with van der Waals surface area (Å²) in [6.45, 7) is 0. The highest BCUT2D eigenvalue weighted by Gasteiger charge is 2.33. The van der Waals surface area contributed by atoms with Crippen LogP contribution >= 0.6 is 0 Å². The summed E-state index contributed by atoms with van der Waals surface area (Å²) in [5, 5.41) is 0. The van der Waals surface area contributed by atoms with Crippen molar-refractivity contribution in [3.63, 3.8) is 0 Å². The zero-order chi connectivity index (χ0) is 18.9. The Morgan fingerprint density at radius 3 is 2.31 bits per heavy atom. The number of halogens is 3. The Morgan fingerprint density at radius 1 is 1.19 bits per heavy atom. The molecule has 1 heterocycles. The normalized spacial score (nSPS) is 17.0. The van der Waals surface area contributed by atoms with E-state index in [2.05, 4.69) is 9.97 Å². The van der Waals surface area contributed by atoms with Gasteiger partial charge in [-0.15, -0.1) is 0 Å². The molecule has 1 fully saturated rings. The SMILES string of the molecule is CS(=O)(=O)c1ccc(C(=CC2CCCC2)c2ncc(C(F)(F)F)[nH]2)cc1. The van der Waals surface area contributed by atoms with Gasteiger partial charge in [0.15, 0.2) is 9.84 Å². The average molecular weight is 384 g/mol. The number of rotatable bonds is 4. The van der Waals surface area contributed by atoms with Crippen LogP contribution < -0.4 is 0 Å². The molecule has 0 bridgehead atoms. The molecular weight excluding hydrogens is 365 g/mol. The Balaban J connectivity index is 2.02. The van der Waals surface area contributed by atoms with E-state index in [1.807, 2.05) is 6.08 Å². The maximum absolute atomic E-state index is 12.9. The maximum Gasteiger partial charge on any atom is 0.432 e. The summed E-state index contributed by atoms with van der Waals surface area (Å²) in [5.41, 5.74) is 0.289. The lowest BCUT2D eigenvalue weighted by molar-refractivity contribution is -0.140. The van der Waals surface area contributed by atoms with E-state index in [4.69, 9.17) is 0 Å². The molecule has 1 N–H and O–H groups in total. The summed E-state index contributed by atoms with van der Waals surface area (Å²) in [6.07, 6.45) is 3.49. The number of alkyl halides is 3. The van der Waals surface area contributed by atoms with E-state index in [1.165, 1.54) is 12.1 Å². The van der Waals surface area contributed by atoms with Gasteiger partial charge in [0.05, 0.1) is 11.1 Å². The summed E-state index contributed by atoms with van der Waals surface area (Å²) in [4.78, 5) is 6.42. The number of sulfone groups is 1. The molecule has 0 radical (unpaired) electrons. The van der Waals surface area contributed by atoms with Crippen molar-refractivity contribution >= 4 is 15.4 Å². The summed E-state index contributed by atoms with van der Waals surface area (Å²) in [5.74, 6) is 0.412. The molecule has 0 saturated heterocycles. The van der Waals surface area contributed by atoms with Gasteiger partial charge in [0.25, 0.3) is 0 Å². The molecule has 1 aliphatic carbocycles. The number of aromatic nitrogens is 2. The Labute approximate surface area is 150 Å². The van der Waals surface area contributed by atoms with Crippen molar-refractivity contribution in [2.75, 3.05) is 6.26 Å². The fourth-order valence-electron chi connectivity index (χ4n) is 3.16. The molecule has 1 saturated carbocycles. The van der Waals surface area contributed by atoms with Gasteiger partial charge in [-0.2, -0.15) is 13.2 Å². The molecule has 2 aromatic rings. The van der Waals surface area contributed by atoms with Crippen LogP contribution in [0, 0.1) is 5.92 Å². The first-order chi connectivity index (χ1) is 12.1. The molecule has 26 heavy (non-hydrogen) atoms. The van der Waals surface area contributed by atoms with Gasteiger partial charge in [-0.3, -0.25) is 0 Å². The van der Waals surface area contributed by atoms with E-state index in [-0.39, 0.29) is 16.6 Å².